The second-order valence-corrected chi connectivity index (χ2v) is 9.40. The number of H-pyrrole nitrogens is 1. The molecule has 0 saturated heterocycles. The minimum atomic E-state index is -0.0277. The van der Waals surface area contributed by atoms with Crippen LogP contribution in [0.25, 0.3) is 5.65 Å². The van der Waals surface area contributed by atoms with Crippen molar-refractivity contribution in [2.75, 3.05) is 0 Å². The van der Waals surface area contributed by atoms with Gasteiger partial charge in [-0.05, 0) is 37.0 Å². The third-order valence-corrected chi connectivity index (χ3v) is 6.56. The molecule has 2 aromatic heterocycles. The van der Waals surface area contributed by atoms with Gasteiger partial charge in [-0.2, -0.15) is 4.63 Å². The first-order valence-electron chi connectivity index (χ1n) is 13.4. The maximum atomic E-state index is 6.31. The lowest BCUT2D eigenvalue weighted by Crippen LogP contribution is -2.08. The highest BCUT2D eigenvalue weighted by Crippen LogP contribution is 2.25. The summed E-state index contributed by atoms with van der Waals surface area (Å²) in [6.07, 6.45) is 21.7. The average Bonchev–Trinajstić information content (AvgIpc) is 3.43. The Hall–Kier alpha value is -2.30. The van der Waals surface area contributed by atoms with Gasteiger partial charge < -0.3 is 4.74 Å². The summed E-state index contributed by atoms with van der Waals surface area (Å²) in [4.78, 5) is 4.23. The maximum absolute atomic E-state index is 6.31. The van der Waals surface area contributed by atoms with Gasteiger partial charge in [0.05, 0.1) is 5.69 Å². The van der Waals surface area contributed by atoms with Crippen molar-refractivity contribution in [3.05, 3.63) is 47.9 Å². The number of fused-ring (bicyclic) bond motifs is 1. The molecule has 0 aliphatic carbocycles. The van der Waals surface area contributed by atoms with E-state index in [1.54, 1.807) is 11.0 Å². The summed E-state index contributed by atoms with van der Waals surface area (Å²) < 4.78 is 7.99. The Morgan fingerprint density at radius 2 is 1.52 bits per heavy atom. The topological polar surface area (TPSA) is 55.2 Å². The molecule has 2 heterocycles. The van der Waals surface area contributed by atoms with E-state index in [2.05, 4.69) is 53.3 Å². The van der Waals surface area contributed by atoms with E-state index in [1.807, 2.05) is 6.07 Å². The van der Waals surface area contributed by atoms with Crippen LogP contribution < -0.4 is 4.74 Å². The summed E-state index contributed by atoms with van der Waals surface area (Å²) in [6, 6.07) is 10.6. The number of unbranched alkanes of at least 4 members (excludes halogenated alkanes) is 12. The molecule has 1 unspecified atom stereocenters. The highest BCUT2D eigenvalue weighted by molar-refractivity contribution is 5.38. The lowest BCUT2D eigenvalue weighted by Gasteiger charge is -2.16. The van der Waals surface area contributed by atoms with Crippen molar-refractivity contribution in [1.82, 2.24) is 19.8 Å². The molecule has 0 aliphatic rings. The van der Waals surface area contributed by atoms with E-state index in [-0.39, 0.29) is 6.10 Å². The number of aromatic amines is 1. The molecule has 0 radical (unpaired) electrons. The van der Waals surface area contributed by atoms with Gasteiger partial charge in [-0.1, -0.05) is 103 Å². The molecule has 5 nitrogen and oxygen atoms in total. The molecule has 33 heavy (non-hydrogen) atoms. The van der Waals surface area contributed by atoms with Crippen LogP contribution in [0, 0.1) is 0 Å². The molecule has 0 aliphatic heterocycles. The predicted molar refractivity (Wildman–Crippen MR) is 137 cm³/mol. The lowest BCUT2D eigenvalue weighted by atomic mass is 10.0. The number of hydrogen-bond donors (Lipinski definition) is 1. The van der Waals surface area contributed by atoms with Crippen molar-refractivity contribution < 1.29 is 4.74 Å². The normalized spacial score (nSPS) is 12.4. The number of ether oxygens (including phenoxy) is 1. The fraction of sp³-hybridized carbons (Fsp3) is 0.643. The average molecular weight is 453 g/mol. The van der Waals surface area contributed by atoms with E-state index in [1.165, 1.54) is 89.0 Å². The first-order valence-corrected chi connectivity index (χ1v) is 13.4. The number of benzene rings is 1. The molecule has 0 saturated carbocycles. The van der Waals surface area contributed by atoms with Crippen LogP contribution in [-0.2, 0) is 6.42 Å². The quantitative estimate of drug-likeness (QED) is 0.198. The minimum absolute atomic E-state index is 0.0277. The maximum Gasteiger partial charge on any atom is 0.175 e. The number of aryl methyl sites for hydroxylation is 1. The summed E-state index contributed by atoms with van der Waals surface area (Å²) in [7, 11) is 0. The molecule has 1 N–H and O–H groups in total. The van der Waals surface area contributed by atoms with Crippen molar-refractivity contribution in [3.63, 3.8) is 0 Å². The molecule has 0 fully saturated rings. The first kappa shape index (κ1) is 25.3. The van der Waals surface area contributed by atoms with Gasteiger partial charge >= 0.3 is 0 Å². The fourth-order valence-corrected chi connectivity index (χ4v) is 4.55. The third-order valence-electron chi connectivity index (χ3n) is 6.56. The van der Waals surface area contributed by atoms with Crippen LogP contribution in [0.2, 0.25) is 0 Å². The first-order chi connectivity index (χ1) is 16.3. The zero-order chi connectivity index (χ0) is 23.1. The van der Waals surface area contributed by atoms with E-state index in [4.69, 9.17) is 4.74 Å². The Morgan fingerprint density at radius 3 is 2.15 bits per heavy atom. The highest BCUT2D eigenvalue weighted by atomic mass is 16.5. The van der Waals surface area contributed by atoms with Crippen LogP contribution in [-0.4, -0.2) is 19.8 Å². The second kappa shape index (κ2) is 14.8. The molecular weight excluding hydrogens is 408 g/mol. The van der Waals surface area contributed by atoms with Crippen LogP contribution in [0.15, 0.2) is 36.7 Å². The second-order valence-electron chi connectivity index (χ2n) is 9.40. The molecule has 0 bridgehead atoms. The molecule has 3 aromatic rings. The number of rotatable bonds is 18. The van der Waals surface area contributed by atoms with Gasteiger partial charge in [-0.3, -0.25) is 5.10 Å². The zero-order valence-corrected chi connectivity index (χ0v) is 20.9. The van der Waals surface area contributed by atoms with Gasteiger partial charge in [0.25, 0.3) is 0 Å². The zero-order valence-electron chi connectivity index (χ0n) is 20.9. The molecule has 182 valence electrons. The van der Waals surface area contributed by atoms with E-state index in [9.17, 15) is 0 Å². The van der Waals surface area contributed by atoms with Crippen LogP contribution in [0.3, 0.4) is 0 Å². The van der Waals surface area contributed by atoms with Gasteiger partial charge in [0.1, 0.15) is 18.2 Å². The van der Waals surface area contributed by atoms with Crippen molar-refractivity contribution in [1.29, 1.82) is 0 Å². The van der Waals surface area contributed by atoms with Crippen molar-refractivity contribution >= 4 is 5.65 Å². The SMILES string of the molecule is CCCCCCCCCCCCCCCc1cccc(OC(CC)c2cc3ncnn3[nH]2)c1. The number of nitrogens with one attached hydrogen (secondary N) is 1. The molecule has 1 aromatic carbocycles. The summed E-state index contributed by atoms with van der Waals surface area (Å²) in [6.45, 7) is 4.43. The van der Waals surface area contributed by atoms with Gasteiger partial charge in [-0.25, -0.2) is 4.98 Å². The summed E-state index contributed by atoms with van der Waals surface area (Å²) in [5.74, 6) is 0.939. The van der Waals surface area contributed by atoms with Gasteiger partial charge in [-0.15, -0.1) is 5.10 Å². The van der Waals surface area contributed by atoms with Crippen LogP contribution in [0.1, 0.15) is 121 Å². The molecule has 5 heteroatoms. The lowest BCUT2D eigenvalue weighted by molar-refractivity contribution is 0.195. The Labute approximate surface area is 200 Å². The minimum Gasteiger partial charge on any atom is -0.484 e. The van der Waals surface area contributed by atoms with Crippen molar-refractivity contribution in [2.24, 2.45) is 0 Å². The molecule has 3 rings (SSSR count). The third kappa shape index (κ3) is 8.87. The molecule has 0 spiro atoms. The Morgan fingerprint density at radius 1 is 0.848 bits per heavy atom. The summed E-state index contributed by atoms with van der Waals surface area (Å²) in [5.41, 5.74) is 3.20. The smallest absolute Gasteiger partial charge is 0.175 e. The molecule has 0 amide bonds. The number of nitrogens with zero attached hydrogens (tertiary/aromatic N) is 3. The molecular formula is C28H44N4O. The Kier molecular flexibility index (Phi) is 11.3. The van der Waals surface area contributed by atoms with Gasteiger partial charge in [0, 0.05) is 6.07 Å². The van der Waals surface area contributed by atoms with Gasteiger partial charge in [0.15, 0.2) is 5.65 Å². The Balaban J connectivity index is 1.28. The van der Waals surface area contributed by atoms with Crippen molar-refractivity contribution in [2.45, 2.75) is 116 Å². The summed E-state index contributed by atoms with van der Waals surface area (Å²) >= 11 is 0. The summed E-state index contributed by atoms with van der Waals surface area (Å²) in [5, 5.41) is 7.42. The predicted octanol–water partition coefficient (Wildman–Crippen LogP) is 8.22. The highest BCUT2D eigenvalue weighted by Gasteiger charge is 2.15. The van der Waals surface area contributed by atoms with Crippen LogP contribution >= 0.6 is 0 Å². The van der Waals surface area contributed by atoms with E-state index >= 15 is 0 Å². The van der Waals surface area contributed by atoms with Gasteiger partial charge in [0.2, 0.25) is 0 Å². The fourth-order valence-electron chi connectivity index (χ4n) is 4.55. The van der Waals surface area contributed by atoms with E-state index < -0.39 is 0 Å². The van der Waals surface area contributed by atoms with E-state index in [0.29, 0.717) is 0 Å². The van der Waals surface area contributed by atoms with Crippen LogP contribution in [0.4, 0.5) is 0 Å². The van der Waals surface area contributed by atoms with Crippen LogP contribution in [0.5, 0.6) is 5.75 Å². The monoisotopic (exact) mass is 452 g/mol. The largest absolute Gasteiger partial charge is 0.484 e. The Bertz CT molecular complexity index is 872. The molecule has 1 atom stereocenters. The number of hydrogen-bond acceptors (Lipinski definition) is 3. The van der Waals surface area contributed by atoms with E-state index in [0.717, 1.165) is 29.9 Å². The van der Waals surface area contributed by atoms with Crippen molar-refractivity contribution in [3.8, 4) is 5.75 Å². The standard InChI is InChI=1S/C28H44N4O/c1-3-5-6-7-8-9-10-11-12-13-14-15-16-18-24-19-17-20-25(21-24)33-27(4-2)26-22-28-29-23-30-32(28)31-26/h17,19-23,27,31H,3-16,18H2,1-2H3. The number of aromatic nitrogens is 4.